The zero-order valence-corrected chi connectivity index (χ0v) is 11.9. The lowest BCUT2D eigenvalue weighted by Gasteiger charge is -2.21. The van der Waals surface area contributed by atoms with E-state index in [9.17, 15) is 12.8 Å². The van der Waals surface area contributed by atoms with Crippen LogP contribution in [0.4, 0.5) is 10.1 Å². The summed E-state index contributed by atoms with van der Waals surface area (Å²) in [5, 5.41) is 8.02. The third-order valence-corrected chi connectivity index (χ3v) is 4.93. The second-order valence-corrected chi connectivity index (χ2v) is 7.12. The summed E-state index contributed by atoms with van der Waals surface area (Å²) in [4.78, 5) is -0.208. The van der Waals surface area contributed by atoms with Crippen molar-refractivity contribution in [3.63, 3.8) is 0 Å². The molecule has 0 heterocycles. The molecule has 0 aliphatic heterocycles. The largest absolute Gasteiger partial charge is 0.382 e. The van der Waals surface area contributed by atoms with Crippen LogP contribution in [-0.4, -0.2) is 15.0 Å². The molecule has 1 aliphatic carbocycles. The first-order valence-corrected chi connectivity index (χ1v) is 7.85. The van der Waals surface area contributed by atoms with E-state index in [1.165, 1.54) is 12.1 Å². The van der Waals surface area contributed by atoms with Gasteiger partial charge in [0.1, 0.15) is 5.82 Å². The van der Waals surface area contributed by atoms with Crippen molar-refractivity contribution in [1.82, 2.24) is 0 Å². The highest BCUT2D eigenvalue weighted by atomic mass is 32.2. The van der Waals surface area contributed by atoms with Crippen molar-refractivity contribution >= 4 is 15.7 Å². The molecule has 2 rings (SSSR count). The first kappa shape index (κ1) is 14.3. The number of halogens is 1. The Bertz CT molecular complexity index is 580. The summed E-state index contributed by atoms with van der Waals surface area (Å²) < 4.78 is 36.0. The zero-order valence-electron chi connectivity index (χ0n) is 11.1. The lowest BCUT2D eigenvalue weighted by molar-refractivity contribution is 0.379. The number of nitrogens with one attached hydrogen (secondary N) is 1. The Morgan fingerprint density at radius 3 is 2.47 bits per heavy atom. The normalized spacial score (nSPS) is 17.5. The molecule has 3 N–H and O–H groups in total. The number of benzene rings is 1. The van der Waals surface area contributed by atoms with Gasteiger partial charge in [0.15, 0.2) is 0 Å². The van der Waals surface area contributed by atoms with E-state index in [-0.39, 0.29) is 10.3 Å². The molecule has 19 heavy (non-hydrogen) atoms. The molecule has 4 nitrogen and oxygen atoms in total. The molecule has 106 valence electrons. The number of hydrogen-bond acceptors (Lipinski definition) is 3. The van der Waals surface area contributed by atoms with Crippen LogP contribution < -0.4 is 10.5 Å². The van der Waals surface area contributed by atoms with E-state index in [1.54, 1.807) is 0 Å². The molecule has 0 spiro atoms. The van der Waals surface area contributed by atoms with Gasteiger partial charge in [-0.3, -0.25) is 0 Å². The lowest BCUT2D eigenvalue weighted by Crippen LogP contribution is -2.21. The average Bonchev–Trinajstić information content (AvgIpc) is 3.07. The van der Waals surface area contributed by atoms with E-state index in [0.29, 0.717) is 18.2 Å². The number of rotatable bonds is 5. The minimum absolute atomic E-state index is 0.208. The Kier molecular flexibility index (Phi) is 3.57. The molecule has 0 radical (unpaired) electrons. The van der Waals surface area contributed by atoms with Crippen LogP contribution in [0.15, 0.2) is 23.1 Å². The summed E-state index contributed by atoms with van der Waals surface area (Å²) in [7, 11) is -3.85. The van der Waals surface area contributed by atoms with E-state index in [2.05, 4.69) is 19.2 Å². The van der Waals surface area contributed by atoms with Crippen molar-refractivity contribution in [3.8, 4) is 0 Å². The predicted octanol–water partition coefficient (Wildman–Crippen LogP) is 2.32. The molecule has 1 aromatic carbocycles. The number of anilines is 1. The van der Waals surface area contributed by atoms with Gasteiger partial charge in [-0.25, -0.2) is 17.9 Å². The maximum Gasteiger partial charge on any atom is 0.238 e. The monoisotopic (exact) mass is 286 g/mol. The number of sulfonamides is 1. The Morgan fingerprint density at radius 1 is 1.42 bits per heavy atom. The van der Waals surface area contributed by atoms with Crippen molar-refractivity contribution in [1.29, 1.82) is 0 Å². The fraction of sp³-hybridized carbons (Fsp3) is 0.538. The first-order chi connectivity index (χ1) is 8.74. The molecule has 1 aromatic rings. The minimum atomic E-state index is -3.85. The summed E-state index contributed by atoms with van der Waals surface area (Å²) in [5.41, 5.74) is 0.574. The average molecular weight is 286 g/mol. The fourth-order valence-electron chi connectivity index (χ4n) is 2.21. The Morgan fingerprint density at radius 2 is 2.05 bits per heavy atom. The second kappa shape index (κ2) is 4.76. The number of primary sulfonamides is 1. The summed E-state index contributed by atoms with van der Waals surface area (Å²) in [6, 6.07) is 3.69. The van der Waals surface area contributed by atoms with Crippen LogP contribution in [0.1, 0.15) is 26.7 Å². The molecule has 1 saturated carbocycles. The second-order valence-electron chi connectivity index (χ2n) is 5.56. The summed E-state index contributed by atoms with van der Waals surface area (Å²) in [5.74, 6) is -0.0437. The van der Waals surface area contributed by atoms with Crippen LogP contribution in [0.3, 0.4) is 0 Å². The fourth-order valence-corrected chi connectivity index (χ4v) is 2.73. The van der Waals surface area contributed by atoms with Crippen LogP contribution in [-0.2, 0) is 10.0 Å². The van der Waals surface area contributed by atoms with Gasteiger partial charge in [-0.15, -0.1) is 0 Å². The van der Waals surface area contributed by atoms with Gasteiger partial charge in [0.2, 0.25) is 10.0 Å². The lowest BCUT2D eigenvalue weighted by atomic mass is 9.92. The summed E-state index contributed by atoms with van der Waals surface area (Å²) >= 11 is 0. The third-order valence-electron chi connectivity index (χ3n) is 4.02. The van der Waals surface area contributed by atoms with Gasteiger partial charge in [-0.1, -0.05) is 13.8 Å². The van der Waals surface area contributed by atoms with Gasteiger partial charge < -0.3 is 5.32 Å². The van der Waals surface area contributed by atoms with Crippen LogP contribution >= 0.6 is 0 Å². The van der Waals surface area contributed by atoms with E-state index in [4.69, 9.17) is 5.14 Å². The highest BCUT2D eigenvalue weighted by Crippen LogP contribution is 2.51. The van der Waals surface area contributed by atoms with Gasteiger partial charge >= 0.3 is 0 Å². The Balaban J connectivity index is 2.10. The Hall–Kier alpha value is -1.14. The summed E-state index contributed by atoms with van der Waals surface area (Å²) in [6.07, 6.45) is 2.29. The van der Waals surface area contributed by atoms with Gasteiger partial charge in [0.05, 0.1) is 10.6 Å². The molecule has 0 aromatic heterocycles. The molecular weight excluding hydrogens is 267 g/mol. The van der Waals surface area contributed by atoms with E-state index < -0.39 is 15.8 Å². The highest BCUT2D eigenvalue weighted by Gasteiger charge is 2.44. The molecule has 1 fully saturated rings. The molecular formula is C13H19FN2O2S. The van der Waals surface area contributed by atoms with Crippen molar-refractivity contribution in [2.24, 2.45) is 16.5 Å². The molecule has 0 atom stereocenters. The topological polar surface area (TPSA) is 72.2 Å². The van der Waals surface area contributed by atoms with Crippen LogP contribution in [0.2, 0.25) is 0 Å². The predicted molar refractivity (Wildman–Crippen MR) is 72.8 cm³/mol. The quantitative estimate of drug-likeness (QED) is 0.872. The van der Waals surface area contributed by atoms with Gasteiger partial charge in [0.25, 0.3) is 0 Å². The van der Waals surface area contributed by atoms with Gasteiger partial charge in [-0.2, -0.15) is 0 Å². The van der Waals surface area contributed by atoms with Crippen LogP contribution in [0, 0.1) is 17.2 Å². The smallest absolute Gasteiger partial charge is 0.238 e. The molecule has 6 heteroatoms. The van der Waals surface area contributed by atoms with Crippen molar-refractivity contribution in [3.05, 3.63) is 24.0 Å². The molecule has 0 bridgehead atoms. The van der Waals surface area contributed by atoms with Crippen LogP contribution in [0.5, 0.6) is 0 Å². The third kappa shape index (κ3) is 3.06. The van der Waals surface area contributed by atoms with E-state index >= 15 is 0 Å². The maximum absolute atomic E-state index is 13.8. The number of hydrogen-bond donors (Lipinski definition) is 2. The van der Waals surface area contributed by atoms with Crippen molar-refractivity contribution in [2.45, 2.75) is 31.6 Å². The van der Waals surface area contributed by atoms with Gasteiger partial charge in [0, 0.05) is 6.54 Å². The Labute approximate surface area is 113 Å². The summed E-state index contributed by atoms with van der Waals surface area (Å²) in [6.45, 7) is 5.03. The van der Waals surface area contributed by atoms with E-state index in [0.717, 1.165) is 18.9 Å². The molecule has 0 saturated heterocycles. The number of nitrogens with two attached hydrogens (primary N) is 1. The SMILES string of the molecule is CC(C)C1(CNc2ccc(S(N)(=O)=O)cc2F)CC1. The van der Waals surface area contributed by atoms with Crippen LogP contribution in [0.25, 0.3) is 0 Å². The van der Waals surface area contributed by atoms with Gasteiger partial charge in [-0.05, 0) is 42.4 Å². The highest BCUT2D eigenvalue weighted by molar-refractivity contribution is 7.89. The molecule has 0 unspecified atom stereocenters. The minimum Gasteiger partial charge on any atom is -0.382 e. The van der Waals surface area contributed by atoms with Crippen molar-refractivity contribution < 1.29 is 12.8 Å². The standard InChI is InChI=1S/C13H19FN2O2S/c1-9(2)13(5-6-13)8-16-12-4-3-10(7-11(12)14)19(15,17)18/h3-4,7,9,16H,5-6,8H2,1-2H3,(H2,15,17,18). The molecule has 0 amide bonds. The zero-order chi connectivity index (χ0) is 14.3. The van der Waals surface area contributed by atoms with Crippen molar-refractivity contribution in [2.75, 3.05) is 11.9 Å². The molecule has 1 aliphatic rings. The first-order valence-electron chi connectivity index (χ1n) is 6.31. The van der Waals surface area contributed by atoms with E-state index in [1.807, 2.05) is 0 Å². The maximum atomic E-state index is 13.8.